The van der Waals surface area contributed by atoms with E-state index in [-0.39, 0.29) is 23.6 Å². The van der Waals surface area contributed by atoms with Crippen LogP contribution in [0.2, 0.25) is 0 Å². The summed E-state index contributed by atoms with van der Waals surface area (Å²) in [6, 6.07) is 7.32. The molecule has 0 spiro atoms. The molecule has 4 heterocycles. The summed E-state index contributed by atoms with van der Waals surface area (Å²) in [6.07, 6.45) is 8.52. The van der Waals surface area contributed by atoms with E-state index in [0.29, 0.717) is 45.1 Å². The second-order valence-corrected chi connectivity index (χ2v) is 11.5. The second kappa shape index (κ2) is 11.7. The number of esters is 1. The van der Waals surface area contributed by atoms with Gasteiger partial charge in [-0.3, -0.25) is 24.2 Å². The van der Waals surface area contributed by atoms with Gasteiger partial charge in [0.2, 0.25) is 0 Å². The van der Waals surface area contributed by atoms with Gasteiger partial charge in [0, 0.05) is 33.9 Å². The predicted octanol–water partition coefficient (Wildman–Crippen LogP) is 3.25. The molecule has 2 amide bonds. The molecule has 0 saturated heterocycles. The Morgan fingerprint density at radius 1 is 0.886 bits per heavy atom. The standard InChI is InChI=1S/C17H17N5O3S.C11H9N5OS/c1-25-16(24)9-5-10(6-9)22-14-11(13(21-22)15(18)23)4-3-8-7-19-17(26-2)20-12(8)14;1-18-11-13-4-5-2-3-6-8(7(5)14-11)15-16-9(6)10(12)17/h3-4,7,9-10H,5-6H2,1-2H3,(H2,18,23);2-4H,1H3,(H2,12,17)(H,15,16). The SMILES string of the molecule is COC(=O)C1CC(n2nc(C(N)=O)c3ccc4cnc(SC)nc4c32)C1.CSc1ncc2ccc3c(C(N)=O)[nH]nc3c2n1. The van der Waals surface area contributed by atoms with Gasteiger partial charge in [-0.1, -0.05) is 35.7 Å². The number of hydrogen-bond donors (Lipinski definition) is 3. The number of primary amides is 2. The minimum atomic E-state index is -0.587. The van der Waals surface area contributed by atoms with Crippen LogP contribution in [0, 0.1) is 5.92 Å². The van der Waals surface area contributed by atoms with Crippen LogP contribution in [0.1, 0.15) is 39.9 Å². The van der Waals surface area contributed by atoms with Crippen LogP contribution in [-0.2, 0) is 9.53 Å². The molecule has 44 heavy (non-hydrogen) atoms. The molecule has 2 aromatic carbocycles. The molecular formula is C28H26N10O4S2. The molecule has 224 valence electrons. The van der Waals surface area contributed by atoms with Crippen LogP contribution in [0.5, 0.6) is 0 Å². The number of rotatable bonds is 6. The average Bonchev–Trinajstić information content (AvgIpc) is 3.63. The van der Waals surface area contributed by atoms with Crippen molar-refractivity contribution in [1.29, 1.82) is 0 Å². The maximum atomic E-state index is 11.9. The predicted molar refractivity (Wildman–Crippen MR) is 166 cm³/mol. The topological polar surface area (TPSA) is 211 Å². The van der Waals surface area contributed by atoms with Crippen LogP contribution in [0.4, 0.5) is 0 Å². The monoisotopic (exact) mass is 630 g/mol. The Morgan fingerprint density at radius 2 is 1.50 bits per heavy atom. The minimum absolute atomic E-state index is 0.00649. The van der Waals surface area contributed by atoms with Crippen LogP contribution >= 0.6 is 23.5 Å². The van der Waals surface area contributed by atoms with Gasteiger partial charge in [0.1, 0.15) is 22.2 Å². The van der Waals surface area contributed by atoms with Gasteiger partial charge < -0.3 is 16.2 Å². The number of carbonyl (C=O) groups excluding carboxylic acids is 3. The van der Waals surface area contributed by atoms with Crippen molar-refractivity contribution in [1.82, 2.24) is 39.9 Å². The maximum Gasteiger partial charge on any atom is 0.308 e. The molecule has 0 atom stereocenters. The molecule has 5 N–H and O–H groups in total. The Labute approximate surface area is 257 Å². The molecule has 16 heteroatoms. The van der Waals surface area contributed by atoms with Gasteiger partial charge >= 0.3 is 5.97 Å². The molecule has 4 aromatic heterocycles. The zero-order chi connectivity index (χ0) is 31.1. The molecule has 1 aliphatic carbocycles. The summed E-state index contributed by atoms with van der Waals surface area (Å²) in [5.41, 5.74) is 14.2. The van der Waals surface area contributed by atoms with Crippen molar-refractivity contribution in [3.63, 3.8) is 0 Å². The Hall–Kier alpha value is -4.83. The Morgan fingerprint density at radius 3 is 2.09 bits per heavy atom. The molecule has 0 bridgehead atoms. The van der Waals surface area contributed by atoms with Crippen molar-refractivity contribution >= 4 is 84.9 Å². The van der Waals surface area contributed by atoms with E-state index in [9.17, 15) is 14.4 Å². The number of amides is 2. The smallest absolute Gasteiger partial charge is 0.308 e. The van der Waals surface area contributed by atoms with E-state index in [1.165, 1.54) is 30.6 Å². The molecule has 1 saturated carbocycles. The van der Waals surface area contributed by atoms with Gasteiger partial charge in [-0.25, -0.2) is 19.9 Å². The fourth-order valence-electron chi connectivity index (χ4n) is 5.23. The first-order chi connectivity index (χ1) is 21.2. The number of aromatic nitrogens is 8. The Kier molecular flexibility index (Phi) is 7.77. The fraction of sp³-hybridized carbons (Fsp3) is 0.250. The van der Waals surface area contributed by atoms with Crippen molar-refractivity contribution in [2.45, 2.75) is 29.2 Å². The number of aromatic amines is 1. The lowest BCUT2D eigenvalue weighted by Gasteiger charge is -2.33. The van der Waals surface area contributed by atoms with Crippen LogP contribution in [0.25, 0.3) is 43.6 Å². The summed E-state index contributed by atoms with van der Waals surface area (Å²) >= 11 is 2.90. The lowest BCUT2D eigenvalue weighted by Crippen LogP contribution is -2.33. The third kappa shape index (κ3) is 5.05. The molecule has 7 rings (SSSR count). The third-order valence-corrected chi connectivity index (χ3v) is 8.61. The average molecular weight is 631 g/mol. The number of H-pyrrole nitrogens is 1. The molecule has 0 aliphatic heterocycles. The zero-order valence-corrected chi connectivity index (χ0v) is 25.4. The number of carbonyl (C=O) groups is 3. The van der Waals surface area contributed by atoms with E-state index in [2.05, 4.69) is 35.2 Å². The summed E-state index contributed by atoms with van der Waals surface area (Å²) in [4.78, 5) is 52.3. The van der Waals surface area contributed by atoms with E-state index in [4.69, 9.17) is 16.2 Å². The number of thioether (sulfide) groups is 2. The van der Waals surface area contributed by atoms with Crippen molar-refractivity contribution < 1.29 is 19.1 Å². The molecular weight excluding hydrogens is 605 g/mol. The number of fused-ring (bicyclic) bond motifs is 6. The van der Waals surface area contributed by atoms with Crippen LogP contribution in [0.15, 0.2) is 47.0 Å². The number of ether oxygens (including phenoxy) is 1. The summed E-state index contributed by atoms with van der Waals surface area (Å²) in [7, 11) is 1.39. The number of benzene rings is 2. The summed E-state index contributed by atoms with van der Waals surface area (Å²) < 4.78 is 6.59. The van der Waals surface area contributed by atoms with Crippen molar-refractivity contribution in [2.24, 2.45) is 17.4 Å². The van der Waals surface area contributed by atoms with Crippen molar-refractivity contribution in [3.8, 4) is 0 Å². The highest BCUT2D eigenvalue weighted by molar-refractivity contribution is 7.98. The van der Waals surface area contributed by atoms with Crippen LogP contribution in [0.3, 0.4) is 0 Å². The van der Waals surface area contributed by atoms with Gasteiger partial charge in [-0.05, 0) is 37.5 Å². The number of hydrogen-bond acceptors (Lipinski definition) is 12. The van der Waals surface area contributed by atoms with Crippen molar-refractivity contribution in [3.05, 3.63) is 48.0 Å². The van der Waals surface area contributed by atoms with E-state index >= 15 is 0 Å². The van der Waals surface area contributed by atoms with Gasteiger partial charge in [-0.15, -0.1) is 0 Å². The first-order valence-corrected chi connectivity index (χ1v) is 15.8. The van der Waals surface area contributed by atoms with E-state index in [0.717, 1.165) is 27.3 Å². The first kappa shape index (κ1) is 29.3. The number of methoxy groups -OCH3 is 1. The quantitative estimate of drug-likeness (QED) is 0.138. The van der Waals surface area contributed by atoms with Crippen molar-refractivity contribution in [2.75, 3.05) is 19.6 Å². The number of nitrogens with one attached hydrogen (secondary N) is 1. The third-order valence-electron chi connectivity index (χ3n) is 7.49. The fourth-order valence-corrected chi connectivity index (χ4v) is 5.91. The lowest BCUT2D eigenvalue weighted by molar-refractivity contribution is -0.149. The van der Waals surface area contributed by atoms with Crippen LogP contribution < -0.4 is 11.5 Å². The lowest BCUT2D eigenvalue weighted by atomic mass is 9.80. The van der Waals surface area contributed by atoms with Gasteiger partial charge in [0.25, 0.3) is 11.8 Å². The molecule has 1 aliphatic rings. The summed E-state index contributed by atoms with van der Waals surface area (Å²) in [6.45, 7) is 0. The highest BCUT2D eigenvalue weighted by atomic mass is 32.2. The number of nitrogens with two attached hydrogens (primary N) is 2. The molecule has 0 unspecified atom stereocenters. The molecule has 0 radical (unpaired) electrons. The van der Waals surface area contributed by atoms with E-state index in [1.54, 1.807) is 23.1 Å². The van der Waals surface area contributed by atoms with Gasteiger partial charge in [0.05, 0.1) is 24.6 Å². The summed E-state index contributed by atoms with van der Waals surface area (Å²) in [5, 5.41) is 15.6. The number of nitrogens with zero attached hydrogens (tertiary/aromatic N) is 7. The maximum absolute atomic E-state index is 11.9. The second-order valence-electron chi connectivity index (χ2n) is 9.98. The molecule has 6 aromatic rings. The van der Waals surface area contributed by atoms with E-state index in [1.807, 2.05) is 30.7 Å². The highest BCUT2D eigenvalue weighted by Crippen LogP contribution is 2.41. The first-order valence-electron chi connectivity index (χ1n) is 13.3. The largest absolute Gasteiger partial charge is 0.469 e. The highest BCUT2D eigenvalue weighted by Gasteiger charge is 2.38. The Bertz CT molecular complexity index is 2110. The Balaban J connectivity index is 0.000000167. The normalized spacial score (nSPS) is 16.1. The van der Waals surface area contributed by atoms with Gasteiger partial charge in [-0.2, -0.15) is 10.2 Å². The minimum Gasteiger partial charge on any atom is -0.469 e. The van der Waals surface area contributed by atoms with Crippen LogP contribution in [-0.4, -0.2) is 77.3 Å². The molecule has 14 nitrogen and oxygen atoms in total. The molecule has 1 fully saturated rings. The van der Waals surface area contributed by atoms with E-state index < -0.39 is 11.8 Å². The zero-order valence-electron chi connectivity index (χ0n) is 23.8. The summed E-state index contributed by atoms with van der Waals surface area (Å²) in [5.74, 6) is -1.48. The van der Waals surface area contributed by atoms with Gasteiger partial charge in [0.15, 0.2) is 16.0 Å².